The SMILES string of the molecule is COc1ccc(NS(=O)(=O)c2ccc(N/N=C/c3cccc(C)c3)c([N+](=O)[O-])c2)cc1. The molecule has 2 N–H and O–H groups in total. The molecule has 31 heavy (non-hydrogen) atoms. The van der Waals surface area contributed by atoms with E-state index in [1.165, 1.54) is 37.6 Å². The summed E-state index contributed by atoms with van der Waals surface area (Å²) in [6.45, 7) is 1.94. The molecule has 0 aromatic heterocycles. The fourth-order valence-electron chi connectivity index (χ4n) is 2.72. The maximum atomic E-state index is 12.7. The molecule has 10 heteroatoms. The van der Waals surface area contributed by atoms with Crippen LogP contribution in [0.15, 0.2) is 76.7 Å². The van der Waals surface area contributed by atoms with Gasteiger partial charge in [0.15, 0.2) is 0 Å². The number of benzene rings is 3. The van der Waals surface area contributed by atoms with Crippen LogP contribution < -0.4 is 14.9 Å². The number of ether oxygens (including phenoxy) is 1. The minimum Gasteiger partial charge on any atom is -0.497 e. The summed E-state index contributed by atoms with van der Waals surface area (Å²) in [5, 5.41) is 15.5. The molecular weight excluding hydrogens is 420 g/mol. The Morgan fingerprint density at radius 3 is 2.45 bits per heavy atom. The molecule has 3 aromatic carbocycles. The van der Waals surface area contributed by atoms with Gasteiger partial charge in [0.25, 0.3) is 15.7 Å². The molecular formula is C21H20N4O5S. The molecule has 0 bridgehead atoms. The Balaban J connectivity index is 1.82. The van der Waals surface area contributed by atoms with E-state index in [-0.39, 0.29) is 10.6 Å². The van der Waals surface area contributed by atoms with Gasteiger partial charge in [-0.2, -0.15) is 5.10 Å². The zero-order valence-corrected chi connectivity index (χ0v) is 17.6. The molecule has 160 valence electrons. The lowest BCUT2D eigenvalue weighted by Crippen LogP contribution is -2.13. The van der Waals surface area contributed by atoms with Crippen LogP contribution in [0.5, 0.6) is 5.75 Å². The quantitative estimate of drug-likeness (QED) is 0.308. The second-order valence-electron chi connectivity index (χ2n) is 6.55. The van der Waals surface area contributed by atoms with E-state index in [2.05, 4.69) is 15.2 Å². The van der Waals surface area contributed by atoms with Crippen molar-refractivity contribution in [1.82, 2.24) is 0 Å². The molecule has 9 nitrogen and oxygen atoms in total. The molecule has 0 radical (unpaired) electrons. The maximum absolute atomic E-state index is 12.7. The number of hydrogen-bond acceptors (Lipinski definition) is 7. The van der Waals surface area contributed by atoms with Gasteiger partial charge < -0.3 is 4.74 Å². The van der Waals surface area contributed by atoms with Gasteiger partial charge in [-0.1, -0.05) is 29.8 Å². The van der Waals surface area contributed by atoms with E-state index in [9.17, 15) is 18.5 Å². The van der Waals surface area contributed by atoms with Gasteiger partial charge in [0.2, 0.25) is 0 Å². The number of nitrogens with zero attached hydrogens (tertiary/aromatic N) is 2. The van der Waals surface area contributed by atoms with Crippen molar-refractivity contribution >= 4 is 33.3 Å². The second-order valence-corrected chi connectivity index (χ2v) is 8.24. The zero-order chi connectivity index (χ0) is 22.4. The van der Waals surface area contributed by atoms with Crippen LogP contribution in [0.2, 0.25) is 0 Å². The normalized spacial score (nSPS) is 11.3. The summed E-state index contributed by atoms with van der Waals surface area (Å²) in [6, 6.07) is 17.4. The Morgan fingerprint density at radius 1 is 1.06 bits per heavy atom. The van der Waals surface area contributed by atoms with Crippen LogP contribution >= 0.6 is 0 Å². The molecule has 0 saturated carbocycles. The van der Waals surface area contributed by atoms with Crippen molar-refractivity contribution in [3.63, 3.8) is 0 Å². The van der Waals surface area contributed by atoms with Crippen molar-refractivity contribution in [3.8, 4) is 5.75 Å². The standard InChI is InChI=1S/C21H20N4O5S/c1-15-4-3-5-16(12-15)14-22-23-20-11-10-19(13-21(20)25(26)27)31(28,29)24-17-6-8-18(30-2)9-7-17/h3-14,23-24H,1-2H3/b22-14+. The van der Waals surface area contributed by atoms with Crippen LogP contribution in [0.3, 0.4) is 0 Å². The number of methoxy groups -OCH3 is 1. The van der Waals surface area contributed by atoms with Crippen LogP contribution in [0.1, 0.15) is 11.1 Å². The lowest BCUT2D eigenvalue weighted by Gasteiger charge is -2.10. The van der Waals surface area contributed by atoms with Gasteiger partial charge in [0.1, 0.15) is 11.4 Å². The van der Waals surface area contributed by atoms with E-state index < -0.39 is 20.6 Å². The number of rotatable bonds is 8. The molecule has 0 aliphatic rings. The van der Waals surface area contributed by atoms with Crippen molar-refractivity contribution in [2.45, 2.75) is 11.8 Å². The lowest BCUT2D eigenvalue weighted by atomic mass is 10.2. The number of nitro groups is 1. The monoisotopic (exact) mass is 440 g/mol. The highest BCUT2D eigenvalue weighted by atomic mass is 32.2. The summed E-state index contributed by atoms with van der Waals surface area (Å²) in [4.78, 5) is 10.6. The molecule has 0 atom stereocenters. The Bertz CT molecular complexity index is 1220. The average Bonchev–Trinajstić information content (AvgIpc) is 2.74. The maximum Gasteiger partial charge on any atom is 0.295 e. The summed E-state index contributed by atoms with van der Waals surface area (Å²) in [5.74, 6) is 0.570. The molecule has 0 aliphatic carbocycles. The van der Waals surface area contributed by atoms with E-state index in [1.807, 2.05) is 31.2 Å². The predicted molar refractivity (Wildman–Crippen MR) is 119 cm³/mol. The number of anilines is 2. The van der Waals surface area contributed by atoms with Crippen molar-refractivity contribution in [2.24, 2.45) is 5.10 Å². The molecule has 0 saturated heterocycles. The number of nitrogens with one attached hydrogen (secondary N) is 2. The van der Waals surface area contributed by atoms with Crippen molar-refractivity contribution < 1.29 is 18.1 Å². The lowest BCUT2D eigenvalue weighted by molar-refractivity contribution is -0.384. The van der Waals surface area contributed by atoms with Gasteiger partial charge in [-0.15, -0.1) is 0 Å². The summed E-state index contributed by atoms with van der Waals surface area (Å²) in [5.41, 5.74) is 4.42. The number of aryl methyl sites for hydroxylation is 1. The summed E-state index contributed by atoms with van der Waals surface area (Å²) < 4.78 is 32.7. The fraction of sp³-hybridized carbons (Fsp3) is 0.0952. The van der Waals surface area contributed by atoms with Crippen molar-refractivity contribution in [1.29, 1.82) is 0 Å². The van der Waals surface area contributed by atoms with Crippen LogP contribution in [0.4, 0.5) is 17.1 Å². The van der Waals surface area contributed by atoms with Crippen molar-refractivity contribution in [2.75, 3.05) is 17.3 Å². The van der Waals surface area contributed by atoms with E-state index >= 15 is 0 Å². The van der Waals surface area contributed by atoms with Gasteiger partial charge in [-0.3, -0.25) is 20.3 Å². The van der Waals surface area contributed by atoms with Gasteiger partial charge in [0.05, 0.1) is 23.1 Å². The van der Waals surface area contributed by atoms with Crippen LogP contribution in [-0.4, -0.2) is 26.7 Å². The first-order chi connectivity index (χ1) is 14.8. The highest BCUT2D eigenvalue weighted by Gasteiger charge is 2.21. The predicted octanol–water partition coefficient (Wildman–Crippen LogP) is 4.16. The Hall–Kier alpha value is -3.92. The van der Waals surface area contributed by atoms with Gasteiger partial charge in [-0.25, -0.2) is 8.42 Å². The third-order valence-corrected chi connectivity index (χ3v) is 5.64. The Morgan fingerprint density at radius 2 is 1.81 bits per heavy atom. The minimum absolute atomic E-state index is 0.0669. The molecule has 3 rings (SSSR count). The Kier molecular flexibility index (Phi) is 6.51. The third kappa shape index (κ3) is 5.58. The second kappa shape index (κ2) is 9.26. The van der Waals surface area contributed by atoms with Crippen LogP contribution in [-0.2, 0) is 10.0 Å². The molecule has 0 fully saturated rings. The van der Waals surface area contributed by atoms with E-state index in [4.69, 9.17) is 4.74 Å². The van der Waals surface area contributed by atoms with Gasteiger partial charge in [-0.05, 0) is 48.9 Å². The number of hydrogen-bond donors (Lipinski definition) is 2. The topological polar surface area (TPSA) is 123 Å². The molecule has 0 heterocycles. The Labute approximate surface area is 179 Å². The summed E-state index contributed by atoms with van der Waals surface area (Å²) in [6.07, 6.45) is 1.52. The highest BCUT2D eigenvalue weighted by molar-refractivity contribution is 7.92. The largest absolute Gasteiger partial charge is 0.497 e. The first kappa shape index (κ1) is 21.8. The van der Waals surface area contributed by atoms with E-state index in [1.54, 1.807) is 12.1 Å². The summed E-state index contributed by atoms with van der Waals surface area (Å²) >= 11 is 0. The molecule has 0 amide bonds. The third-order valence-electron chi connectivity index (χ3n) is 4.26. The highest BCUT2D eigenvalue weighted by Crippen LogP contribution is 2.29. The van der Waals surface area contributed by atoms with Crippen molar-refractivity contribution in [3.05, 3.63) is 88.0 Å². The first-order valence-electron chi connectivity index (χ1n) is 9.09. The van der Waals surface area contributed by atoms with E-state index in [0.717, 1.165) is 17.2 Å². The number of nitro benzene ring substituents is 1. The average molecular weight is 440 g/mol. The molecule has 3 aromatic rings. The van der Waals surface area contributed by atoms with Gasteiger partial charge in [0, 0.05) is 11.8 Å². The zero-order valence-electron chi connectivity index (χ0n) is 16.8. The smallest absolute Gasteiger partial charge is 0.295 e. The van der Waals surface area contributed by atoms with Gasteiger partial charge >= 0.3 is 0 Å². The van der Waals surface area contributed by atoms with Crippen LogP contribution in [0, 0.1) is 17.0 Å². The molecule has 0 spiro atoms. The molecule has 0 unspecified atom stereocenters. The minimum atomic E-state index is -4.04. The fourth-order valence-corrected chi connectivity index (χ4v) is 3.80. The van der Waals surface area contributed by atoms with E-state index in [0.29, 0.717) is 11.4 Å². The summed E-state index contributed by atoms with van der Waals surface area (Å²) in [7, 11) is -2.54. The number of sulfonamides is 1. The van der Waals surface area contributed by atoms with Crippen LogP contribution in [0.25, 0.3) is 0 Å². The number of hydrazone groups is 1. The first-order valence-corrected chi connectivity index (χ1v) is 10.6. The molecule has 0 aliphatic heterocycles.